The van der Waals surface area contributed by atoms with Crippen molar-refractivity contribution in [1.29, 1.82) is 0 Å². The van der Waals surface area contributed by atoms with Crippen LogP contribution in [0.2, 0.25) is 0 Å². The second-order valence-electron chi connectivity index (χ2n) is 8.41. The van der Waals surface area contributed by atoms with Crippen molar-refractivity contribution in [2.24, 2.45) is 5.41 Å². The third-order valence-corrected chi connectivity index (χ3v) is 7.03. The van der Waals surface area contributed by atoms with Gasteiger partial charge in [-0.2, -0.15) is 0 Å². The third-order valence-electron chi connectivity index (χ3n) is 6.41. The molecule has 0 radical (unpaired) electrons. The van der Waals surface area contributed by atoms with Crippen molar-refractivity contribution in [2.75, 3.05) is 12.5 Å². The van der Waals surface area contributed by atoms with Crippen LogP contribution in [-0.4, -0.2) is 24.4 Å². The first-order valence-electron chi connectivity index (χ1n) is 11.4. The minimum Gasteiger partial charge on any atom is -0.463 e. The van der Waals surface area contributed by atoms with Gasteiger partial charge >= 0.3 is 5.97 Å². The minimum atomic E-state index is -0.218. The average molecular weight is 451 g/mol. The second-order valence-corrected chi connectivity index (χ2v) is 9.19. The van der Waals surface area contributed by atoms with Crippen molar-refractivity contribution in [3.8, 4) is 0 Å². The van der Waals surface area contributed by atoms with Gasteiger partial charge in [0.15, 0.2) is 0 Å². The van der Waals surface area contributed by atoms with Gasteiger partial charge in [-0.3, -0.25) is 9.52 Å². The molecule has 1 amide bonds. The van der Waals surface area contributed by atoms with E-state index in [2.05, 4.69) is 28.2 Å². The number of rotatable bonds is 7. The van der Waals surface area contributed by atoms with Gasteiger partial charge in [0.1, 0.15) is 0 Å². The highest BCUT2D eigenvalue weighted by molar-refractivity contribution is 7.97. The number of carbonyl (C=O) groups is 2. The summed E-state index contributed by atoms with van der Waals surface area (Å²) in [6, 6.07) is 17.5. The zero-order valence-corrected chi connectivity index (χ0v) is 19.3. The summed E-state index contributed by atoms with van der Waals surface area (Å²) in [7, 11) is 0. The van der Waals surface area contributed by atoms with E-state index in [0.29, 0.717) is 18.0 Å². The van der Waals surface area contributed by atoms with Gasteiger partial charge in [-0.05, 0) is 55.8 Å². The Hall–Kier alpha value is -2.73. The van der Waals surface area contributed by atoms with Crippen LogP contribution in [0.5, 0.6) is 0 Å². The summed E-state index contributed by atoms with van der Waals surface area (Å²) in [4.78, 5) is 25.6. The SMILES string of the molecule is CCOC(=O)C1=C(NCSNC(=O)c2ccccc2)c2ccccc2CC12CCCCC2. The molecule has 2 N–H and O–H groups in total. The van der Waals surface area contributed by atoms with Crippen LogP contribution in [0.4, 0.5) is 0 Å². The summed E-state index contributed by atoms with van der Waals surface area (Å²) in [6.07, 6.45) is 6.33. The van der Waals surface area contributed by atoms with E-state index >= 15 is 0 Å². The molecule has 168 valence electrons. The summed E-state index contributed by atoms with van der Waals surface area (Å²) >= 11 is 1.29. The summed E-state index contributed by atoms with van der Waals surface area (Å²) in [5.74, 6) is 0.0934. The average Bonchev–Trinajstić information content (AvgIpc) is 2.82. The maximum Gasteiger partial charge on any atom is 0.336 e. The fourth-order valence-electron chi connectivity index (χ4n) is 4.99. The molecule has 6 heteroatoms. The number of hydrogen-bond acceptors (Lipinski definition) is 5. The van der Waals surface area contributed by atoms with E-state index in [1.54, 1.807) is 12.1 Å². The molecule has 1 fully saturated rings. The van der Waals surface area contributed by atoms with E-state index in [9.17, 15) is 9.59 Å². The van der Waals surface area contributed by atoms with Crippen LogP contribution in [0.3, 0.4) is 0 Å². The van der Waals surface area contributed by atoms with Gasteiger partial charge < -0.3 is 10.1 Å². The summed E-state index contributed by atoms with van der Waals surface area (Å²) < 4.78 is 8.42. The maximum absolute atomic E-state index is 13.2. The Labute approximate surface area is 194 Å². The highest BCUT2D eigenvalue weighted by Crippen LogP contribution is 2.51. The Kier molecular flexibility index (Phi) is 7.20. The molecule has 0 saturated heterocycles. The van der Waals surface area contributed by atoms with Crippen molar-refractivity contribution < 1.29 is 14.3 Å². The van der Waals surface area contributed by atoms with Crippen LogP contribution < -0.4 is 10.0 Å². The number of fused-ring (bicyclic) bond motifs is 1. The van der Waals surface area contributed by atoms with Gasteiger partial charge in [0.25, 0.3) is 5.91 Å². The first-order valence-corrected chi connectivity index (χ1v) is 12.3. The smallest absolute Gasteiger partial charge is 0.336 e. The highest BCUT2D eigenvalue weighted by atomic mass is 32.2. The molecule has 2 aromatic rings. The van der Waals surface area contributed by atoms with E-state index in [1.807, 2.05) is 31.2 Å². The molecule has 32 heavy (non-hydrogen) atoms. The summed E-state index contributed by atoms with van der Waals surface area (Å²) in [5, 5.41) is 3.47. The van der Waals surface area contributed by atoms with Crippen LogP contribution in [0, 0.1) is 5.41 Å². The van der Waals surface area contributed by atoms with E-state index in [4.69, 9.17) is 4.74 Å². The van der Waals surface area contributed by atoms with Gasteiger partial charge in [0, 0.05) is 16.5 Å². The maximum atomic E-state index is 13.2. The summed E-state index contributed by atoms with van der Waals surface area (Å²) in [5.41, 5.74) is 4.40. The molecule has 2 aliphatic carbocycles. The lowest BCUT2D eigenvalue weighted by Gasteiger charge is -2.43. The van der Waals surface area contributed by atoms with Crippen molar-refractivity contribution >= 4 is 29.5 Å². The van der Waals surface area contributed by atoms with Crippen molar-refractivity contribution in [2.45, 2.75) is 45.4 Å². The Morgan fingerprint density at radius 2 is 1.72 bits per heavy atom. The molecule has 1 spiro atoms. The van der Waals surface area contributed by atoms with Gasteiger partial charge in [-0.25, -0.2) is 4.79 Å². The number of nitrogens with one attached hydrogen (secondary N) is 2. The number of ether oxygens (including phenoxy) is 1. The van der Waals surface area contributed by atoms with Gasteiger partial charge in [-0.15, -0.1) is 0 Å². The Morgan fingerprint density at radius 1 is 1.00 bits per heavy atom. The Balaban J connectivity index is 1.59. The molecule has 0 aromatic heterocycles. The normalized spacial score (nSPS) is 16.9. The summed E-state index contributed by atoms with van der Waals surface area (Å²) in [6.45, 7) is 2.21. The zero-order valence-electron chi connectivity index (χ0n) is 18.5. The molecule has 4 rings (SSSR count). The highest BCUT2D eigenvalue weighted by Gasteiger charge is 2.45. The largest absolute Gasteiger partial charge is 0.463 e. The molecule has 5 nitrogen and oxygen atoms in total. The van der Waals surface area contributed by atoms with Crippen LogP contribution in [0.15, 0.2) is 60.2 Å². The van der Waals surface area contributed by atoms with E-state index in [-0.39, 0.29) is 17.3 Å². The molecule has 0 bridgehead atoms. The van der Waals surface area contributed by atoms with E-state index < -0.39 is 0 Å². The monoisotopic (exact) mass is 450 g/mol. The molecule has 0 aliphatic heterocycles. The number of esters is 1. The Bertz CT molecular complexity index is 997. The zero-order chi connectivity index (χ0) is 22.4. The van der Waals surface area contributed by atoms with Crippen LogP contribution >= 0.6 is 11.9 Å². The molecule has 0 atom stereocenters. The fourth-order valence-corrected chi connectivity index (χ4v) is 5.53. The minimum absolute atomic E-state index is 0.134. The number of hydrogen-bond donors (Lipinski definition) is 2. The Morgan fingerprint density at radius 3 is 2.47 bits per heavy atom. The molecule has 0 unspecified atom stereocenters. The second kappa shape index (κ2) is 10.3. The van der Waals surface area contributed by atoms with Crippen LogP contribution in [0.25, 0.3) is 5.70 Å². The first kappa shape index (κ1) is 22.5. The molecular weight excluding hydrogens is 420 g/mol. The fraction of sp³-hybridized carbons (Fsp3) is 0.385. The number of carbonyl (C=O) groups excluding carboxylic acids is 2. The molecule has 1 saturated carbocycles. The van der Waals surface area contributed by atoms with Gasteiger partial charge in [0.2, 0.25) is 0 Å². The van der Waals surface area contributed by atoms with E-state index in [1.165, 1.54) is 23.9 Å². The van der Waals surface area contributed by atoms with Gasteiger partial charge in [-0.1, -0.05) is 61.7 Å². The van der Waals surface area contributed by atoms with Crippen molar-refractivity contribution in [3.05, 3.63) is 76.9 Å². The predicted molar refractivity (Wildman–Crippen MR) is 129 cm³/mol. The molecule has 0 heterocycles. The quantitative estimate of drug-likeness (QED) is 0.266. The molecule has 2 aliphatic rings. The lowest BCUT2D eigenvalue weighted by atomic mass is 9.62. The van der Waals surface area contributed by atoms with Gasteiger partial charge in [0.05, 0.1) is 23.8 Å². The van der Waals surface area contributed by atoms with E-state index in [0.717, 1.165) is 48.9 Å². The number of benzene rings is 2. The lowest BCUT2D eigenvalue weighted by Crippen LogP contribution is -2.39. The van der Waals surface area contributed by atoms with Crippen LogP contribution in [-0.2, 0) is 16.0 Å². The van der Waals surface area contributed by atoms with Crippen molar-refractivity contribution in [3.63, 3.8) is 0 Å². The third kappa shape index (κ3) is 4.70. The predicted octanol–water partition coefficient (Wildman–Crippen LogP) is 5.09. The molecular formula is C26H30N2O3S. The lowest BCUT2D eigenvalue weighted by molar-refractivity contribution is -0.140. The topological polar surface area (TPSA) is 67.4 Å². The van der Waals surface area contributed by atoms with Crippen LogP contribution in [0.1, 0.15) is 60.5 Å². The van der Waals surface area contributed by atoms with Crippen molar-refractivity contribution in [1.82, 2.24) is 10.0 Å². The first-order chi connectivity index (χ1) is 15.6. The number of amides is 1. The molecule has 2 aromatic carbocycles. The standard InChI is InChI=1S/C26H30N2O3S/c1-2-31-25(30)22-23(27-18-32-28-24(29)19-11-5-3-6-12-19)21-14-8-7-13-20(21)17-26(22)15-9-4-10-16-26/h3,5-8,11-14,27H,2,4,9-10,15-18H2,1H3,(H,28,29).